The van der Waals surface area contributed by atoms with E-state index in [0.717, 1.165) is 0 Å². The molecule has 16 heavy (non-hydrogen) atoms. The van der Waals surface area contributed by atoms with Crippen LogP contribution in [0.25, 0.3) is 0 Å². The summed E-state index contributed by atoms with van der Waals surface area (Å²) in [6, 6.07) is 5.73. The summed E-state index contributed by atoms with van der Waals surface area (Å²) in [6.07, 6.45) is 0. The Hall–Kier alpha value is -1.20. The van der Waals surface area contributed by atoms with Crippen LogP contribution in [0.3, 0.4) is 0 Å². The van der Waals surface area contributed by atoms with Crippen molar-refractivity contribution in [2.45, 2.75) is 31.7 Å². The second kappa shape index (κ2) is 4.76. The van der Waals surface area contributed by atoms with Gasteiger partial charge in [-0.1, -0.05) is 12.1 Å². The van der Waals surface area contributed by atoms with E-state index in [1.165, 1.54) is 31.2 Å². The molecule has 1 rings (SSSR count). The van der Waals surface area contributed by atoms with Crippen LogP contribution < -0.4 is 4.72 Å². The van der Waals surface area contributed by atoms with Gasteiger partial charge in [0, 0.05) is 11.6 Å². The van der Waals surface area contributed by atoms with E-state index < -0.39 is 10.0 Å². The molecule has 0 heterocycles. The van der Waals surface area contributed by atoms with E-state index in [0.29, 0.717) is 5.56 Å². The molecule has 0 atom stereocenters. The van der Waals surface area contributed by atoms with E-state index >= 15 is 0 Å². The van der Waals surface area contributed by atoms with Crippen molar-refractivity contribution in [1.82, 2.24) is 4.72 Å². The van der Waals surface area contributed by atoms with Crippen LogP contribution in [-0.2, 0) is 10.0 Å². The number of carbonyl (C=O) groups excluding carboxylic acids is 1. The highest BCUT2D eigenvalue weighted by atomic mass is 32.2. The van der Waals surface area contributed by atoms with Gasteiger partial charge in [0.2, 0.25) is 10.0 Å². The third kappa shape index (κ3) is 3.15. The lowest BCUT2D eigenvalue weighted by Gasteiger charge is -2.09. The highest BCUT2D eigenvalue weighted by Crippen LogP contribution is 2.11. The van der Waals surface area contributed by atoms with E-state index in [2.05, 4.69) is 4.72 Å². The molecule has 1 aromatic carbocycles. The molecule has 0 aliphatic rings. The van der Waals surface area contributed by atoms with E-state index in [-0.39, 0.29) is 16.7 Å². The van der Waals surface area contributed by atoms with Crippen molar-refractivity contribution < 1.29 is 13.2 Å². The van der Waals surface area contributed by atoms with Crippen LogP contribution >= 0.6 is 0 Å². The van der Waals surface area contributed by atoms with E-state index in [4.69, 9.17) is 0 Å². The van der Waals surface area contributed by atoms with Crippen LogP contribution in [0.15, 0.2) is 29.2 Å². The topological polar surface area (TPSA) is 63.2 Å². The number of sulfonamides is 1. The lowest BCUT2D eigenvalue weighted by atomic mass is 10.2. The Morgan fingerprint density at radius 1 is 1.19 bits per heavy atom. The fraction of sp³-hybridized carbons (Fsp3) is 0.364. The van der Waals surface area contributed by atoms with Gasteiger partial charge < -0.3 is 0 Å². The van der Waals surface area contributed by atoms with Crippen molar-refractivity contribution in [3.05, 3.63) is 29.8 Å². The Balaban J connectivity index is 3.02. The Labute approximate surface area is 95.7 Å². The molecule has 0 unspecified atom stereocenters. The molecule has 0 aromatic heterocycles. The second-order valence-electron chi connectivity index (χ2n) is 3.86. The molecule has 1 aromatic rings. The maximum absolute atomic E-state index is 11.7. The summed E-state index contributed by atoms with van der Waals surface area (Å²) in [7, 11) is -3.46. The normalized spacial score (nSPS) is 11.8. The van der Waals surface area contributed by atoms with Gasteiger partial charge in [-0.15, -0.1) is 0 Å². The highest BCUT2D eigenvalue weighted by Gasteiger charge is 2.15. The van der Waals surface area contributed by atoms with Crippen LogP contribution in [0.4, 0.5) is 0 Å². The van der Waals surface area contributed by atoms with Crippen molar-refractivity contribution in [3.8, 4) is 0 Å². The first-order valence-corrected chi connectivity index (χ1v) is 6.44. The number of benzene rings is 1. The van der Waals surface area contributed by atoms with Gasteiger partial charge in [0.15, 0.2) is 5.78 Å². The molecule has 0 radical (unpaired) electrons. The molecule has 0 aliphatic heterocycles. The third-order valence-electron chi connectivity index (χ3n) is 1.96. The van der Waals surface area contributed by atoms with Crippen LogP contribution in [0, 0.1) is 0 Å². The molecule has 0 bridgehead atoms. The van der Waals surface area contributed by atoms with E-state index in [1.807, 2.05) is 0 Å². The molecular weight excluding hydrogens is 226 g/mol. The van der Waals surface area contributed by atoms with Crippen molar-refractivity contribution in [3.63, 3.8) is 0 Å². The van der Waals surface area contributed by atoms with Crippen LogP contribution in [-0.4, -0.2) is 20.2 Å². The molecule has 0 aliphatic carbocycles. The number of rotatable bonds is 4. The molecule has 4 nitrogen and oxygen atoms in total. The molecule has 0 spiro atoms. The Morgan fingerprint density at radius 3 is 2.06 bits per heavy atom. The minimum Gasteiger partial charge on any atom is -0.295 e. The summed E-state index contributed by atoms with van der Waals surface area (Å²) >= 11 is 0. The fourth-order valence-corrected chi connectivity index (χ4v) is 2.50. The summed E-state index contributed by atoms with van der Waals surface area (Å²) in [5.41, 5.74) is 0.503. The van der Waals surface area contributed by atoms with Crippen molar-refractivity contribution in [2.24, 2.45) is 0 Å². The molecule has 0 saturated carbocycles. The number of ketones is 1. The number of Topliss-reactive ketones (excluding diaryl/α,β-unsaturated/α-hetero) is 1. The molecule has 1 N–H and O–H groups in total. The van der Waals surface area contributed by atoms with Gasteiger partial charge in [-0.2, -0.15) is 0 Å². The highest BCUT2D eigenvalue weighted by molar-refractivity contribution is 7.89. The third-order valence-corrected chi connectivity index (χ3v) is 3.64. The quantitative estimate of drug-likeness (QED) is 0.814. The summed E-state index contributed by atoms with van der Waals surface area (Å²) in [5, 5.41) is 0. The van der Waals surface area contributed by atoms with Gasteiger partial charge in [-0.25, -0.2) is 13.1 Å². The molecule has 5 heteroatoms. The molecule has 88 valence electrons. The van der Waals surface area contributed by atoms with Gasteiger partial charge in [-0.3, -0.25) is 4.79 Å². The molecule has 0 amide bonds. The zero-order valence-corrected chi connectivity index (χ0v) is 10.3. The average molecular weight is 241 g/mol. The van der Waals surface area contributed by atoms with Gasteiger partial charge in [0.05, 0.1) is 4.90 Å². The van der Waals surface area contributed by atoms with Crippen LogP contribution in [0.5, 0.6) is 0 Å². The number of nitrogens with one attached hydrogen (secondary N) is 1. The summed E-state index contributed by atoms with van der Waals surface area (Å²) in [5.74, 6) is -0.0826. The Morgan fingerprint density at radius 2 is 1.69 bits per heavy atom. The smallest absolute Gasteiger partial charge is 0.240 e. The average Bonchev–Trinajstić information content (AvgIpc) is 2.16. The largest absolute Gasteiger partial charge is 0.295 e. The first-order chi connectivity index (χ1) is 7.33. The number of carbonyl (C=O) groups is 1. The lowest BCUT2D eigenvalue weighted by molar-refractivity contribution is 0.101. The van der Waals surface area contributed by atoms with Gasteiger partial charge in [-0.05, 0) is 32.9 Å². The van der Waals surface area contributed by atoms with Gasteiger partial charge in [0.25, 0.3) is 0 Å². The summed E-state index contributed by atoms with van der Waals surface area (Å²) in [6.45, 7) is 4.94. The van der Waals surface area contributed by atoms with E-state index in [9.17, 15) is 13.2 Å². The molecule has 0 fully saturated rings. The Kier molecular flexibility index (Phi) is 3.83. The maximum atomic E-state index is 11.7. The first kappa shape index (κ1) is 12.9. The fourth-order valence-electron chi connectivity index (χ4n) is 1.25. The predicted molar refractivity (Wildman–Crippen MR) is 61.9 cm³/mol. The zero-order chi connectivity index (χ0) is 12.3. The summed E-state index contributed by atoms with van der Waals surface area (Å²) in [4.78, 5) is 11.2. The molecular formula is C11H15NO3S. The molecule has 0 saturated heterocycles. The van der Waals surface area contributed by atoms with Gasteiger partial charge in [0.1, 0.15) is 0 Å². The Bertz CT molecular complexity index is 474. The lowest BCUT2D eigenvalue weighted by Crippen LogP contribution is -2.30. The second-order valence-corrected chi connectivity index (χ2v) is 5.57. The van der Waals surface area contributed by atoms with Crippen LogP contribution in [0.1, 0.15) is 31.1 Å². The number of hydrogen-bond acceptors (Lipinski definition) is 3. The summed E-state index contributed by atoms with van der Waals surface area (Å²) < 4.78 is 25.9. The van der Waals surface area contributed by atoms with Gasteiger partial charge >= 0.3 is 0 Å². The minimum absolute atomic E-state index is 0.0826. The van der Waals surface area contributed by atoms with E-state index in [1.54, 1.807) is 13.8 Å². The standard InChI is InChI=1S/C11H15NO3S/c1-8(2)12-16(14,15)11-6-4-10(5-7-11)9(3)13/h4-8,12H,1-3H3. The minimum atomic E-state index is -3.46. The first-order valence-electron chi connectivity index (χ1n) is 4.96. The SMILES string of the molecule is CC(=O)c1ccc(S(=O)(=O)NC(C)C)cc1. The van der Waals surface area contributed by atoms with Crippen molar-refractivity contribution >= 4 is 15.8 Å². The predicted octanol–water partition coefficient (Wildman–Crippen LogP) is 1.58. The maximum Gasteiger partial charge on any atom is 0.240 e. The van der Waals surface area contributed by atoms with Crippen molar-refractivity contribution in [2.75, 3.05) is 0 Å². The van der Waals surface area contributed by atoms with Crippen molar-refractivity contribution in [1.29, 1.82) is 0 Å². The monoisotopic (exact) mass is 241 g/mol. The zero-order valence-electron chi connectivity index (χ0n) is 9.52. The number of hydrogen-bond donors (Lipinski definition) is 1. The van der Waals surface area contributed by atoms with Crippen LogP contribution in [0.2, 0.25) is 0 Å².